The molecule has 0 aliphatic heterocycles. The van der Waals surface area contributed by atoms with Gasteiger partial charge in [0.15, 0.2) is 0 Å². The summed E-state index contributed by atoms with van der Waals surface area (Å²) in [6, 6.07) is 6.15. The molecule has 15 heavy (non-hydrogen) atoms. The fourth-order valence-electron chi connectivity index (χ4n) is 1.36. The molecule has 0 radical (unpaired) electrons. The van der Waals surface area contributed by atoms with Crippen LogP contribution in [0.5, 0.6) is 0 Å². The molecule has 0 bridgehead atoms. The lowest BCUT2D eigenvalue weighted by Gasteiger charge is -2.11. The Kier molecular flexibility index (Phi) is 4.21. The lowest BCUT2D eigenvalue weighted by molar-refractivity contribution is -0.136. The van der Waals surface area contributed by atoms with Crippen LogP contribution in [0.25, 0.3) is 0 Å². The highest BCUT2D eigenvalue weighted by atomic mass is 32.2. The minimum Gasteiger partial charge on any atom is -0.480 e. The molecule has 3 heteroatoms. The number of rotatable bonds is 4. The van der Waals surface area contributed by atoms with Gasteiger partial charge in [-0.2, -0.15) is 0 Å². The first-order valence-corrected chi connectivity index (χ1v) is 5.96. The van der Waals surface area contributed by atoms with Crippen LogP contribution >= 0.6 is 11.8 Å². The third-order valence-electron chi connectivity index (χ3n) is 2.47. The van der Waals surface area contributed by atoms with Crippen LogP contribution in [-0.4, -0.2) is 16.3 Å². The van der Waals surface area contributed by atoms with Crippen molar-refractivity contribution in [1.82, 2.24) is 0 Å². The number of aliphatic carboxylic acids is 1. The minimum absolute atomic E-state index is 0.344. The van der Waals surface area contributed by atoms with Gasteiger partial charge in [-0.15, -0.1) is 11.8 Å². The van der Waals surface area contributed by atoms with Gasteiger partial charge in [-0.25, -0.2) is 0 Å². The summed E-state index contributed by atoms with van der Waals surface area (Å²) in [4.78, 5) is 10.7. The third-order valence-corrected chi connectivity index (χ3v) is 3.63. The molecule has 2 nitrogen and oxygen atoms in total. The zero-order valence-electron chi connectivity index (χ0n) is 9.28. The van der Waals surface area contributed by atoms with Crippen LogP contribution in [0.3, 0.4) is 0 Å². The quantitative estimate of drug-likeness (QED) is 0.854. The summed E-state index contributed by atoms with van der Waals surface area (Å²) in [6.45, 7) is 5.85. The van der Waals surface area contributed by atoms with Crippen molar-refractivity contribution < 1.29 is 9.90 Å². The smallest absolute Gasteiger partial charge is 0.316 e. The van der Waals surface area contributed by atoms with Crippen molar-refractivity contribution in [1.29, 1.82) is 0 Å². The molecule has 1 atom stereocenters. The monoisotopic (exact) mass is 224 g/mol. The van der Waals surface area contributed by atoms with E-state index in [2.05, 4.69) is 26.0 Å². The molecule has 0 aromatic heterocycles. The lowest BCUT2D eigenvalue weighted by Crippen LogP contribution is -2.11. The van der Waals surface area contributed by atoms with Gasteiger partial charge >= 0.3 is 5.97 Å². The van der Waals surface area contributed by atoms with E-state index in [-0.39, 0.29) is 5.25 Å². The summed E-state index contributed by atoms with van der Waals surface area (Å²) >= 11 is 1.47. The molecule has 1 N–H and O–H groups in total. The highest BCUT2D eigenvalue weighted by Gasteiger charge is 2.12. The van der Waals surface area contributed by atoms with Gasteiger partial charge in [-0.05, 0) is 37.5 Å². The first-order chi connectivity index (χ1) is 7.02. The van der Waals surface area contributed by atoms with Crippen molar-refractivity contribution in [2.24, 2.45) is 0 Å². The summed E-state index contributed by atoms with van der Waals surface area (Å²) in [5.74, 6) is 0.0256. The number of carboxylic acids is 1. The van der Waals surface area contributed by atoms with Crippen LogP contribution in [0.4, 0.5) is 0 Å². The molecular formula is C12H16O2S. The van der Waals surface area contributed by atoms with E-state index in [0.29, 0.717) is 0 Å². The maximum absolute atomic E-state index is 10.7. The zero-order chi connectivity index (χ0) is 11.4. The predicted octanol–water partition coefficient (Wildman–Crippen LogP) is 3.01. The lowest BCUT2D eigenvalue weighted by atomic mass is 10.1. The fourth-order valence-corrected chi connectivity index (χ4v) is 2.37. The minimum atomic E-state index is -0.744. The van der Waals surface area contributed by atoms with Crippen LogP contribution in [0, 0.1) is 13.8 Å². The van der Waals surface area contributed by atoms with E-state index in [1.807, 2.05) is 6.07 Å². The molecule has 1 aromatic rings. The van der Waals surface area contributed by atoms with E-state index >= 15 is 0 Å². The largest absolute Gasteiger partial charge is 0.480 e. The molecule has 0 amide bonds. The van der Waals surface area contributed by atoms with E-state index in [1.165, 1.54) is 28.5 Å². The van der Waals surface area contributed by atoms with Crippen LogP contribution in [0.15, 0.2) is 18.2 Å². The summed E-state index contributed by atoms with van der Waals surface area (Å²) < 4.78 is 0. The highest BCUT2D eigenvalue weighted by Crippen LogP contribution is 2.22. The van der Waals surface area contributed by atoms with Crippen LogP contribution in [0.2, 0.25) is 0 Å². The average Bonchev–Trinajstić information content (AvgIpc) is 2.16. The first-order valence-electron chi connectivity index (χ1n) is 4.92. The van der Waals surface area contributed by atoms with Crippen molar-refractivity contribution in [3.8, 4) is 0 Å². The Labute approximate surface area is 94.7 Å². The van der Waals surface area contributed by atoms with Gasteiger partial charge in [0.05, 0.1) is 5.25 Å². The Morgan fingerprint density at radius 3 is 2.40 bits per heavy atom. The molecule has 0 saturated carbocycles. The van der Waals surface area contributed by atoms with Gasteiger partial charge in [0.25, 0.3) is 0 Å². The normalized spacial score (nSPS) is 12.5. The molecule has 0 spiro atoms. The van der Waals surface area contributed by atoms with Crippen LogP contribution in [0.1, 0.15) is 23.6 Å². The summed E-state index contributed by atoms with van der Waals surface area (Å²) in [5.41, 5.74) is 3.73. The Morgan fingerprint density at radius 1 is 1.40 bits per heavy atom. The van der Waals surface area contributed by atoms with Gasteiger partial charge in [-0.3, -0.25) is 4.79 Å². The van der Waals surface area contributed by atoms with Gasteiger partial charge in [0.1, 0.15) is 0 Å². The maximum atomic E-state index is 10.7. The van der Waals surface area contributed by atoms with Crippen molar-refractivity contribution >= 4 is 17.7 Å². The Morgan fingerprint density at radius 2 is 1.93 bits per heavy atom. The molecule has 82 valence electrons. The molecule has 0 saturated heterocycles. The predicted molar refractivity (Wildman–Crippen MR) is 64.3 cm³/mol. The van der Waals surface area contributed by atoms with Crippen LogP contribution < -0.4 is 0 Å². The Balaban J connectivity index is 2.69. The summed E-state index contributed by atoms with van der Waals surface area (Å²) in [6.07, 6.45) is 0. The molecule has 1 aromatic carbocycles. The van der Waals surface area contributed by atoms with Crippen LogP contribution in [-0.2, 0) is 10.5 Å². The second kappa shape index (κ2) is 5.21. The number of benzene rings is 1. The Bertz CT molecular complexity index is 340. The van der Waals surface area contributed by atoms with Crippen molar-refractivity contribution in [2.45, 2.75) is 31.8 Å². The third kappa shape index (κ3) is 3.27. The van der Waals surface area contributed by atoms with Crippen molar-refractivity contribution in [2.75, 3.05) is 0 Å². The van der Waals surface area contributed by atoms with E-state index in [9.17, 15) is 4.79 Å². The van der Waals surface area contributed by atoms with Crippen molar-refractivity contribution in [3.63, 3.8) is 0 Å². The molecular weight excluding hydrogens is 208 g/mol. The highest BCUT2D eigenvalue weighted by molar-refractivity contribution is 7.99. The Hall–Kier alpha value is -0.960. The number of carboxylic acid groups (broad SMARTS) is 1. The van der Waals surface area contributed by atoms with E-state index in [1.54, 1.807) is 6.92 Å². The fraction of sp³-hybridized carbons (Fsp3) is 0.417. The van der Waals surface area contributed by atoms with Gasteiger partial charge in [0.2, 0.25) is 0 Å². The van der Waals surface area contributed by atoms with Gasteiger partial charge < -0.3 is 5.11 Å². The number of carbonyl (C=O) groups is 1. The van der Waals surface area contributed by atoms with E-state index < -0.39 is 5.97 Å². The van der Waals surface area contributed by atoms with E-state index in [4.69, 9.17) is 5.11 Å². The summed E-state index contributed by atoms with van der Waals surface area (Å²) in [5, 5.41) is 8.43. The molecule has 0 aliphatic carbocycles. The standard InChI is InChI=1S/C12H16O2S/c1-8-5-4-6-9(2)11(8)7-15-10(3)12(13)14/h4-6,10H,7H2,1-3H3,(H,13,14). The number of hydrogen-bond donors (Lipinski definition) is 1. The van der Waals surface area contributed by atoms with Gasteiger partial charge in [0, 0.05) is 5.75 Å². The second-order valence-electron chi connectivity index (χ2n) is 3.66. The average molecular weight is 224 g/mol. The first kappa shape index (κ1) is 12.1. The number of aryl methyl sites for hydroxylation is 2. The number of hydrogen-bond acceptors (Lipinski definition) is 2. The maximum Gasteiger partial charge on any atom is 0.316 e. The molecule has 0 heterocycles. The molecule has 1 unspecified atom stereocenters. The second-order valence-corrected chi connectivity index (χ2v) is 4.99. The topological polar surface area (TPSA) is 37.3 Å². The summed E-state index contributed by atoms with van der Waals surface area (Å²) in [7, 11) is 0. The zero-order valence-corrected chi connectivity index (χ0v) is 10.1. The molecule has 0 aliphatic rings. The number of thioether (sulfide) groups is 1. The van der Waals surface area contributed by atoms with E-state index in [0.717, 1.165) is 5.75 Å². The molecule has 1 rings (SSSR count). The van der Waals surface area contributed by atoms with Crippen molar-refractivity contribution in [3.05, 3.63) is 34.9 Å². The van der Waals surface area contributed by atoms with Gasteiger partial charge in [-0.1, -0.05) is 18.2 Å². The molecule has 0 fully saturated rings. The SMILES string of the molecule is Cc1cccc(C)c1CSC(C)C(=O)O.